The monoisotopic (exact) mass is 354 g/mol. The van der Waals surface area contributed by atoms with Crippen LogP contribution >= 0.6 is 0 Å². The summed E-state index contributed by atoms with van der Waals surface area (Å²) in [5, 5.41) is 10.9. The van der Waals surface area contributed by atoms with Gasteiger partial charge in [0, 0.05) is 17.7 Å². The third kappa shape index (κ3) is 3.25. The van der Waals surface area contributed by atoms with Crippen LogP contribution in [-0.2, 0) is 4.79 Å². The van der Waals surface area contributed by atoms with E-state index in [0.717, 1.165) is 0 Å². The van der Waals surface area contributed by atoms with Gasteiger partial charge >= 0.3 is 0 Å². The van der Waals surface area contributed by atoms with Crippen molar-refractivity contribution in [3.63, 3.8) is 0 Å². The van der Waals surface area contributed by atoms with Crippen LogP contribution in [0.5, 0.6) is 11.5 Å². The van der Waals surface area contributed by atoms with Crippen LogP contribution in [0, 0.1) is 17.0 Å². The van der Waals surface area contributed by atoms with Crippen molar-refractivity contribution < 1.29 is 24.0 Å². The number of hydrogen-bond acceptors (Lipinski definition) is 6. The molecule has 0 saturated heterocycles. The number of non-ortho nitro benzene ring substituents is 1. The second-order valence-electron chi connectivity index (χ2n) is 5.61. The van der Waals surface area contributed by atoms with E-state index in [-0.39, 0.29) is 23.8 Å². The van der Waals surface area contributed by atoms with Crippen molar-refractivity contribution in [1.82, 2.24) is 0 Å². The molecule has 1 amide bonds. The molecule has 0 fully saturated rings. The Morgan fingerprint density at radius 2 is 2.12 bits per heavy atom. The predicted molar refractivity (Wildman–Crippen MR) is 91.9 cm³/mol. The molecule has 0 spiro atoms. The Morgan fingerprint density at radius 1 is 1.35 bits per heavy atom. The Kier molecular flexibility index (Phi) is 4.40. The number of ketones is 1. The maximum atomic E-state index is 12.5. The summed E-state index contributed by atoms with van der Waals surface area (Å²) >= 11 is 0. The molecule has 8 nitrogen and oxygen atoms in total. The summed E-state index contributed by atoms with van der Waals surface area (Å²) in [5.74, 6) is -0.194. The molecule has 0 aliphatic carbocycles. The molecule has 3 rings (SSSR count). The number of Topliss-reactive ketones (excluding diaryl/α,β-unsaturated/α-hetero) is 1. The van der Waals surface area contributed by atoms with Gasteiger partial charge in [-0.2, -0.15) is 0 Å². The van der Waals surface area contributed by atoms with E-state index in [4.69, 9.17) is 15.2 Å². The molecule has 1 heterocycles. The lowest BCUT2D eigenvalue weighted by Gasteiger charge is -2.09. The van der Waals surface area contributed by atoms with Gasteiger partial charge in [0.25, 0.3) is 11.6 Å². The number of nitrogens with two attached hydrogens (primary N) is 1. The second kappa shape index (κ2) is 6.67. The Bertz CT molecular complexity index is 964. The number of benzene rings is 2. The highest BCUT2D eigenvalue weighted by Crippen LogP contribution is 2.39. The Morgan fingerprint density at radius 3 is 2.81 bits per heavy atom. The first-order chi connectivity index (χ1) is 12.4. The molecular formula is C18H14N2O6. The number of ether oxygens (including phenoxy) is 2. The maximum Gasteiger partial charge on any atom is 0.270 e. The lowest BCUT2D eigenvalue weighted by atomic mass is 10.1. The third-order valence-electron chi connectivity index (χ3n) is 3.79. The minimum atomic E-state index is -0.617. The minimum absolute atomic E-state index is 0.0515. The van der Waals surface area contributed by atoms with Crippen LogP contribution < -0.4 is 15.2 Å². The van der Waals surface area contributed by atoms with Gasteiger partial charge in [-0.25, -0.2) is 0 Å². The van der Waals surface area contributed by atoms with E-state index in [0.29, 0.717) is 28.2 Å². The average molecular weight is 354 g/mol. The molecule has 0 unspecified atom stereocenters. The highest BCUT2D eigenvalue weighted by molar-refractivity contribution is 6.15. The zero-order valence-electron chi connectivity index (χ0n) is 13.7. The average Bonchev–Trinajstić information content (AvgIpc) is 2.91. The number of fused-ring (bicyclic) bond motifs is 1. The number of nitro benzene ring substituents is 1. The molecular weight excluding hydrogens is 340 g/mol. The van der Waals surface area contributed by atoms with Gasteiger partial charge in [0.2, 0.25) is 5.78 Å². The number of nitrogens with zero attached hydrogens (tertiary/aromatic N) is 1. The van der Waals surface area contributed by atoms with Gasteiger partial charge in [-0.15, -0.1) is 0 Å². The zero-order chi connectivity index (χ0) is 18.8. The molecule has 0 aromatic heterocycles. The summed E-state index contributed by atoms with van der Waals surface area (Å²) in [7, 11) is 0. The maximum absolute atomic E-state index is 12.5. The van der Waals surface area contributed by atoms with Crippen LogP contribution in [0.1, 0.15) is 21.5 Å². The molecule has 132 valence electrons. The summed E-state index contributed by atoms with van der Waals surface area (Å²) in [6, 6.07) is 8.97. The fourth-order valence-electron chi connectivity index (χ4n) is 2.55. The predicted octanol–water partition coefficient (Wildman–Crippen LogP) is 2.38. The van der Waals surface area contributed by atoms with Crippen LogP contribution in [0.4, 0.5) is 5.69 Å². The Labute approximate surface area is 148 Å². The number of carbonyl (C=O) groups excluding carboxylic acids is 2. The molecule has 0 atom stereocenters. The zero-order valence-corrected chi connectivity index (χ0v) is 13.7. The number of nitro groups is 1. The van der Waals surface area contributed by atoms with E-state index >= 15 is 0 Å². The summed E-state index contributed by atoms with van der Waals surface area (Å²) in [6.07, 6.45) is 1.44. The first-order valence-electron chi connectivity index (χ1n) is 7.60. The second-order valence-corrected chi connectivity index (χ2v) is 5.61. The lowest BCUT2D eigenvalue weighted by Crippen LogP contribution is -2.20. The molecule has 0 bridgehead atoms. The van der Waals surface area contributed by atoms with Crippen molar-refractivity contribution in [3.8, 4) is 11.5 Å². The number of hydrogen-bond donors (Lipinski definition) is 1. The normalized spacial score (nSPS) is 14.0. The van der Waals surface area contributed by atoms with Crippen LogP contribution in [0.3, 0.4) is 0 Å². The largest absolute Gasteiger partial charge is 0.483 e. The van der Waals surface area contributed by atoms with Crippen molar-refractivity contribution in [2.24, 2.45) is 5.73 Å². The highest BCUT2D eigenvalue weighted by atomic mass is 16.6. The van der Waals surface area contributed by atoms with E-state index in [2.05, 4.69) is 0 Å². The highest BCUT2D eigenvalue weighted by Gasteiger charge is 2.30. The SMILES string of the molecule is Cc1c(OCC(N)=O)ccc2c1O/C(=C\c1cccc([N+](=O)[O-])c1)C2=O. The third-order valence-corrected chi connectivity index (χ3v) is 3.79. The topological polar surface area (TPSA) is 122 Å². The van der Waals surface area contributed by atoms with Crippen molar-refractivity contribution in [2.45, 2.75) is 6.92 Å². The molecule has 2 N–H and O–H groups in total. The number of primary amides is 1. The molecule has 1 aliphatic rings. The minimum Gasteiger partial charge on any atom is -0.483 e. The Balaban J connectivity index is 1.92. The molecule has 8 heteroatoms. The van der Waals surface area contributed by atoms with Gasteiger partial charge in [0.05, 0.1) is 10.5 Å². The standard InChI is InChI=1S/C18H14N2O6/c1-10-14(25-9-16(19)21)6-5-13-17(22)15(26-18(10)13)8-11-3-2-4-12(7-11)20(23)24/h2-8H,9H2,1H3,(H2,19,21)/b15-8-. The van der Waals surface area contributed by atoms with E-state index in [1.54, 1.807) is 19.1 Å². The summed E-state index contributed by atoms with van der Waals surface area (Å²) in [6.45, 7) is 1.41. The van der Waals surface area contributed by atoms with Crippen LogP contribution in [0.2, 0.25) is 0 Å². The first kappa shape index (κ1) is 17.2. The fraction of sp³-hybridized carbons (Fsp3) is 0.111. The first-order valence-corrected chi connectivity index (χ1v) is 7.60. The van der Waals surface area contributed by atoms with E-state index in [1.165, 1.54) is 30.3 Å². The van der Waals surface area contributed by atoms with E-state index in [9.17, 15) is 19.7 Å². The van der Waals surface area contributed by atoms with Gasteiger partial charge in [-0.1, -0.05) is 12.1 Å². The van der Waals surface area contributed by atoms with Gasteiger partial charge < -0.3 is 15.2 Å². The fourth-order valence-corrected chi connectivity index (χ4v) is 2.55. The number of carbonyl (C=O) groups is 2. The molecule has 1 aliphatic heterocycles. The number of allylic oxidation sites excluding steroid dienone is 1. The van der Waals surface area contributed by atoms with Crippen molar-refractivity contribution in [3.05, 3.63) is 69.0 Å². The molecule has 2 aromatic carbocycles. The summed E-state index contributed by atoms with van der Waals surface area (Å²) in [5.41, 5.74) is 6.36. The molecule has 26 heavy (non-hydrogen) atoms. The number of amides is 1. The summed E-state index contributed by atoms with van der Waals surface area (Å²) < 4.78 is 10.9. The van der Waals surface area contributed by atoms with Crippen LogP contribution in [-0.4, -0.2) is 23.2 Å². The van der Waals surface area contributed by atoms with Crippen molar-refractivity contribution in [2.75, 3.05) is 6.61 Å². The van der Waals surface area contributed by atoms with Crippen LogP contribution in [0.15, 0.2) is 42.2 Å². The van der Waals surface area contributed by atoms with E-state index in [1.807, 2.05) is 0 Å². The van der Waals surface area contributed by atoms with Gasteiger partial charge in [-0.3, -0.25) is 19.7 Å². The van der Waals surface area contributed by atoms with Gasteiger partial charge in [-0.05, 0) is 30.7 Å². The lowest BCUT2D eigenvalue weighted by molar-refractivity contribution is -0.384. The smallest absolute Gasteiger partial charge is 0.270 e. The van der Waals surface area contributed by atoms with E-state index < -0.39 is 10.8 Å². The molecule has 2 aromatic rings. The number of rotatable bonds is 5. The van der Waals surface area contributed by atoms with Crippen LogP contribution in [0.25, 0.3) is 6.08 Å². The molecule has 0 radical (unpaired) electrons. The van der Waals surface area contributed by atoms with Crippen molar-refractivity contribution in [1.29, 1.82) is 0 Å². The Hall–Kier alpha value is -3.68. The molecule has 0 saturated carbocycles. The van der Waals surface area contributed by atoms with Gasteiger partial charge in [0.15, 0.2) is 12.4 Å². The van der Waals surface area contributed by atoms with Gasteiger partial charge in [0.1, 0.15) is 11.5 Å². The quantitative estimate of drug-likeness (QED) is 0.500. The van der Waals surface area contributed by atoms with Crippen molar-refractivity contribution >= 4 is 23.5 Å². The summed E-state index contributed by atoms with van der Waals surface area (Å²) in [4.78, 5) is 33.7.